The van der Waals surface area contributed by atoms with E-state index >= 15 is 0 Å². The van der Waals surface area contributed by atoms with E-state index in [9.17, 15) is 9.59 Å². The first-order chi connectivity index (χ1) is 17.0. The summed E-state index contributed by atoms with van der Waals surface area (Å²) in [6.45, 7) is 1.21. The highest BCUT2D eigenvalue weighted by Gasteiger charge is 2.26. The van der Waals surface area contributed by atoms with Crippen LogP contribution in [-0.4, -0.2) is 46.2 Å². The highest BCUT2D eigenvalue weighted by atomic mass is 16.5. The van der Waals surface area contributed by atoms with Crippen molar-refractivity contribution >= 4 is 22.7 Å². The van der Waals surface area contributed by atoms with E-state index in [1.54, 1.807) is 30.0 Å². The molecule has 0 spiro atoms. The van der Waals surface area contributed by atoms with Gasteiger partial charge in [0.25, 0.3) is 5.56 Å². The Balaban J connectivity index is 1.17. The second-order valence-corrected chi connectivity index (χ2v) is 9.20. The van der Waals surface area contributed by atoms with Crippen molar-refractivity contribution in [2.45, 2.75) is 50.9 Å². The van der Waals surface area contributed by atoms with Crippen LogP contribution in [0.4, 0.5) is 5.69 Å². The fourth-order valence-electron chi connectivity index (χ4n) is 4.91. The van der Waals surface area contributed by atoms with Gasteiger partial charge in [-0.3, -0.25) is 9.78 Å². The number of carbonyl (C=O) groups excluding carboxylic acids is 1. The zero-order valence-corrected chi connectivity index (χ0v) is 19.7. The molecule has 1 atom stereocenters. The van der Waals surface area contributed by atoms with Crippen molar-refractivity contribution in [2.75, 3.05) is 19.0 Å². The number of nitrogens with one attached hydrogen (secondary N) is 2. The molecule has 0 radical (unpaired) electrons. The highest BCUT2D eigenvalue weighted by molar-refractivity contribution is 5.82. The Morgan fingerprint density at radius 3 is 2.86 bits per heavy atom. The van der Waals surface area contributed by atoms with Gasteiger partial charge in [-0.2, -0.15) is 0 Å². The fourth-order valence-corrected chi connectivity index (χ4v) is 4.91. The molecule has 3 aromatic rings. The SMILES string of the molecule is COc1cnc2ccc(=O)n(CC(N)C3CCC(NCc4ccc5c(n4)OC(=O)CN5)CC3)c2c1. The third-order valence-corrected chi connectivity index (χ3v) is 6.94. The van der Waals surface area contributed by atoms with Crippen molar-refractivity contribution in [1.82, 2.24) is 19.9 Å². The van der Waals surface area contributed by atoms with E-state index in [1.165, 1.54) is 0 Å². The normalized spacial score (nSPS) is 20.6. The number of pyridine rings is 3. The maximum absolute atomic E-state index is 12.6. The van der Waals surface area contributed by atoms with E-state index < -0.39 is 0 Å². The number of carbonyl (C=O) groups is 1. The predicted molar refractivity (Wildman–Crippen MR) is 131 cm³/mol. The van der Waals surface area contributed by atoms with E-state index in [1.807, 2.05) is 18.2 Å². The van der Waals surface area contributed by atoms with Gasteiger partial charge in [0.05, 0.1) is 35.7 Å². The summed E-state index contributed by atoms with van der Waals surface area (Å²) >= 11 is 0. The monoisotopic (exact) mass is 478 g/mol. The lowest BCUT2D eigenvalue weighted by Gasteiger charge is -2.33. The maximum atomic E-state index is 12.6. The van der Waals surface area contributed by atoms with Crippen LogP contribution >= 0.6 is 0 Å². The third-order valence-electron chi connectivity index (χ3n) is 6.94. The minimum atomic E-state index is -0.328. The predicted octanol–water partition coefficient (Wildman–Crippen LogP) is 1.81. The van der Waals surface area contributed by atoms with Gasteiger partial charge in [-0.05, 0) is 49.8 Å². The van der Waals surface area contributed by atoms with Gasteiger partial charge in [-0.25, -0.2) is 9.78 Å². The lowest BCUT2D eigenvalue weighted by atomic mass is 9.81. The molecular formula is C25H30N6O4. The van der Waals surface area contributed by atoms with Crippen molar-refractivity contribution in [3.63, 3.8) is 0 Å². The van der Waals surface area contributed by atoms with E-state index in [-0.39, 0.29) is 24.1 Å². The molecule has 0 amide bonds. The Labute approximate surface area is 202 Å². The second-order valence-electron chi connectivity index (χ2n) is 9.20. The zero-order valence-electron chi connectivity index (χ0n) is 19.7. The number of esters is 1. The molecule has 10 nitrogen and oxygen atoms in total. The van der Waals surface area contributed by atoms with Crippen LogP contribution in [0.2, 0.25) is 0 Å². The topological polar surface area (TPSA) is 133 Å². The van der Waals surface area contributed by atoms with Crippen molar-refractivity contribution in [3.05, 3.63) is 52.6 Å². The lowest BCUT2D eigenvalue weighted by molar-refractivity contribution is -0.133. The van der Waals surface area contributed by atoms with Crippen molar-refractivity contribution in [1.29, 1.82) is 0 Å². The van der Waals surface area contributed by atoms with Crippen LogP contribution in [0.5, 0.6) is 11.6 Å². The largest absolute Gasteiger partial charge is 0.495 e. The molecule has 0 saturated heterocycles. The first-order valence-electron chi connectivity index (χ1n) is 12.0. The number of ether oxygens (including phenoxy) is 2. The van der Waals surface area contributed by atoms with Crippen LogP contribution in [0.1, 0.15) is 31.4 Å². The van der Waals surface area contributed by atoms with Crippen LogP contribution in [0.3, 0.4) is 0 Å². The van der Waals surface area contributed by atoms with Gasteiger partial charge >= 0.3 is 5.97 Å². The number of nitrogens with two attached hydrogens (primary N) is 1. The number of anilines is 1. The summed E-state index contributed by atoms with van der Waals surface area (Å²) in [6.07, 6.45) is 5.62. The molecule has 35 heavy (non-hydrogen) atoms. The number of aromatic nitrogens is 3. The Morgan fingerprint density at radius 1 is 1.23 bits per heavy atom. The standard InChI is InChI=1S/C25H30N6O4/c1-34-18-10-22-20(28-12-18)8-9-23(32)31(22)14-19(26)15-2-4-16(5-3-15)27-11-17-6-7-21-25(30-17)35-24(33)13-29-21/h6-10,12,15-16,19,27,29H,2-5,11,13-14,26H2,1H3. The maximum Gasteiger partial charge on any atom is 0.332 e. The molecule has 1 unspecified atom stereocenters. The number of hydrogen-bond acceptors (Lipinski definition) is 9. The Hall–Kier alpha value is -3.50. The summed E-state index contributed by atoms with van der Waals surface area (Å²) in [5.74, 6) is 0.957. The van der Waals surface area contributed by atoms with Gasteiger partial charge in [0, 0.05) is 37.3 Å². The number of methoxy groups -OCH3 is 1. The summed E-state index contributed by atoms with van der Waals surface area (Å²) < 4.78 is 12.2. The van der Waals surface area contributed by atoms with Crippen molar-refractivity contribution in [2.24, 2.45) is 11.7 Å². The summed E-state index contributed by atoms with van der Waals surface area (Å²) in [4.78, 5) is 32.9. The minimum Gasteiger partial charge on any atom is -0.495 e. The number of hydrogen-bond donors (Lipinski definition) is 3. The van der Waals surface area contributed by atoms with Gasteiger partial charge < -0.3 is 30.4 Å². The van der Waals surface area contributed by atoms with E-state index in [0.717, 1.165) is 48.1 Å². The minimum absolute atomic E-state index is 0.0863. The summed E-state index contributed by atoms with van der Waals surface area (Å²) in [6, 6.07) is 9.17. The fraction of sp³-hybridized carbons (Fsp3) is 0.440. The molecule has 4 N–H and O–H groups in total. The molecule has 3 aromatic heterocycles. The average molecular weight is 479 g/mol. The molecule has 1 fully saturated rings. The summed E-state index contributed by atoms with van der Waals surface area (Å²) in [5.41, 5.74) is 9.57. The first kappa shape index (κ1) is 23.3. The number of fused-ring (bicyclic) bond motifs is 2. The van der Waals surface area contributed by atoms with Gasteiger partial charge in [-0.15, -0.1) is 0 Å². The Kier molecular flexibility index (Phi) is 6.65. The van der Waals surface area contributed by atoms with Crippen LogP contribution < -0.4 is 31.4 Å². The first-order valence-corrected chi connectivity index (χ1v) is 12.0. The van der Waals surface area contributed by atoms with E-state index in [4.69, 9.17) is 15.2 Å². The molecule has 5 rings (SSSR count). The second kappa shape index (κ2) is 10.0. The summed E-state index contributed by atoms with van der Waals surface area (Å²) in [7, 11) is 1.58. The molecule has 1 aliphatic carbocycles. The van der Waals surface area contributed by atoms with Crippen molar-refractivity contribution < 1.29 is 14.3 Å². The van der Waals surface area contributed by atoms with Gasteiger partial charge in [0.1, 0.15) is 12.3 Å². The number of nitrogens with zero attached hydrogens (tertiary/aromatic N) is 3. The number of rotatable bonds is 7. The Bertz CT molecular complexity index is 1280. The molecule has 184 valence electrons. The quantitative estimate of drug-likeness (QED) is 0.435. The highest BCUT2D eigenvalue weighted by Crippen LogP contribution is 2.28. The smallest absolute Gasteiger partial charge is 0.332 e. The lowest BCUT2D eigenvalue weighted by Crippen LogP contribution is -2.42. The van der Waals surface area contributed by atoms with Crippen molar-refractivity contribution in [3.8, 4) is 11.6 Å². The summed E-state index contributed by atoms with van der Waals surface area (Å²) in [5, 5.41) is 6.57. The van der Waals surface area contributed by atoms with Crippen LogP contribution in [0.15, 0.2) is 41.3 Å². The molecule has 0 aromatic carbocycles. The van der Waals surface area contributed by atoms with Crippen LogP contribution in [-0.2, 0) is 17.9 Å². The van der Waals surface area contributed by atoms with Gasteiger partial charge in [0.15, 0.2) is 0 Å². The molecule has 2 aliphatic rings. The van der Waals surface area contributed by atoms with Crippen LogP contribution in [0, 0.1) is 5.92 Å². The molecule has 1 aliphatic heterocycles. The third kappa shape index (κ3) is 5.13. The van der Waals surface area contributed by atoms with Crippen LogP contribution in [0.25, 0.3) is 11.0 Å². The van der Waals surface area contributed by atoms with E-state index in [2.05, 4.69) is 20.6 Å². The molecule has 4 heterocycles. The van der Waals surface area contributed by atoms with E-state index in [0.29, 0.717) is 36.7 Å². The Morgan fingerprint density at radius 2 is 2.06 bits per heavy atom. The molecule has 1 saturated carbocycles. The zero-order chi connectivity index (χ0) is 24.4. The molecule has 10 heteroatoms. The molecular weight excluding hydrogens is 448 g/mol. The van der Waals surface area contributed by atoms with Gasteiger partial charge in [0.2, 0.25) is 5.88 Å². The molecule has 0 bridgehead atoms. The average Bonchev–Trinajstić information content (AvgIpc) is 2.88. The van der Waals surface area contributed by atoms with Gasteiger partial charge in [-0.1, -0.05) is 0 Å².